The second-order valence-corrected chi connectivity index (χ2v) is 8.82. The molecule has 1 amide bonds. The lowest BCUT2D eigenvalue weighted by Gasteiger charge is -2.15. The first kappa shape index (κ1) is 21.5. The highest BCUT2D eigenvalue weighted by Gasteiger charge is 2.35. The lowest BCUT2D eigenvalue weighted by molar-refractivity contribution is -0.113. The van der Waals surface area contributed by atoms with Crippen LogP contribution in [0.3, 0.4) is 0 Å². The molecule has 0 N–H and O–H groups in total. The highest BCUT2D eigenvalue weighted by Crippen LogP contribution is 2.38. The Morgan fingerprint density at radius 2 is 1.76 bits per heavy atom. The van der Waals surface area contributed by atoms with E-state index in [0.29, 0.717) is 37.5 Å². The van der Waals surface area contributed by atoms with Gasteiger partial charge in [-0.25, -0.2) is 9.98 Å². The van der Waals surface area contributed by atoms with Crippen molar-refractivity contribution in [1.82, 2.24) is 4.98 Å². The zero-order valence-electron chi connectivity index (χ0n) is 17.0. The van der Waals surface area contributed by atoms with Gasteiger partial charge >= 0.3 is 0 Å². The standard InChI is InChI=1S/C25H15Cl2N3O2S/c26-19-11-9-16(14-20(19)27)21-12-10-18(32-21)15-22-24(31)30(17-6-2-1-3-7-17)25(33-22)29-23-8-4-5-13-28-23/h1-15H/b22-15+,29-25+. The van der Waals surface area contributed by atoms with E-state index in [1.165, 1.54) is 11.8 Å². The summed E-state index contributed by atoms with van der Waals surface area (Å²) in [7, 11) is 0. The van der Waals surface area contributed by atoms with Gasteiger partial charge < -0.3 is 4.42 Å². The predicted octanol–water partition coefficient (Wildman–Crippen LogP) is 7.46. The molecule has 0 spiro atoms. The van der Waals surface area contributed by atoms with Gasteiger partial charge in [-0.3, -0.25) is 9.69 Å². The third kappa shape index (κ3) is 4.59. The van der Waals surface area contributed by atoms with Crippen molar-refractivity contribution in [3.05, 3.63) is 106 Å². The Morgan fingerprint density at radius 3 is 2.52 bits per heavy atom. The number of pyridine rings is 1. The zero-order valence-corrected chi connectivity index (χ0v) is 19.3. The van der Waals surface area contributed by atoms with Gasteiger partial charge in [-0.2, -0.15) is 0 Å². The van der Waals surface area contributed by atoms with Gasteiger partial charge in [-0.05, 0) is 66.4 Å². The topological polar surface area (TPSA) is 58.7 Å². The molecule has 0 atom stereocenters. The third-order valence-corrected chi connectivity index (χ3v) is 6.49. The molecule has 2 aromatic carbocycles. The summed E-state index contributed by atoms with van der Waals surface area (Å²) in [5.41, 5.74) is 1.52. The van der Waals surface area contributed by atoms with Gasteiger partial charge in [0.2, 0.25) is 0 Å². The van der Waals surface area contributed by atoms with Crippen molar-refractivity contribution >= 4 is 63.6 Å². The van der Waals surface area contributed by atoms with Crippen LogP contribution in [0.4, 0.5) is 11.5 Å². The molecule has 1 fully saturated rings. The lowest BCUT2D eigenvalue weighted by atomic mass is 10.2. The Kier molecular flexibility index (Phi) is 6.05. The molecule has 0 bridgehead atoms. The average Bonchev–Trinajstić information content (AvgIpc) is 3.42. The lowest BCUT2D eigenvalue weighted by Crippen LogP contribution is -2.28. The van der Waals surface area contributed by atoms with E-state index in [1.54, 1.807) is 41.4 Å². The summed E-state index contributed by atoms with van der Waals surface area (Å²) in [6, 6.07) is 23.8. The number of aliphatic imine (C=N–C) groups is 1. The number of rotatable bonds is 4. The molecule has 1 aliphatic heterocycles. The normalized spacial score (nSPS) is 16.2. The maximum Gasteiger partial charge on any atom is 0.271 e. The third-order valence-electron chi connectivity index (χ3n) is 4.78. The Balaban J connectivity index is 1.50. The molecule has 8 heteroatoms. The fourth-order valence-electron chi connectivity index (χ4n) is 3.24. The van der Waals surface area contributed by atoms with E-state index in [0.717, 1.165) is 11.3 Å². The van der Waals surface area contributed by atoms with Crippen molar-refractivity contribution in [2.45, 2.75) is 0 Å². The molecule has 5 rings (SSSR count). The first-order chi connectivity index (χ1) is 16.1. The smallest absolute Gasteiger partial charge is 0.271 e. The number of hydrogen-bond donors (Lipinski definition) is 0. The molecule has 1 saturated heterocycles. The van der Waals surface area contributed by atoms with Crippen molar-refractivity contribution in [1.29, 1.82) is 0 Å². The number of anilines is 1. The summed E-state index contributed by atoms with van der Waals surface area (Å²) >= 11 is 13.4. The van der Waals surface area contributed by atoms with E-state index in [-0.39, 0.29) is 5.91 Å². The Labute approximate surface area is 204 Å². The number of carbonyl (C=O) groups excluding carboxylic acids is 1. The number of aromatic nitrogens is 1. The molecule has 2 aromatic heterocycles. The van der Waals surface area contributed by atoms with E-state index in [2.05, 4.69) is 9.98 Å². The van der Waals surface area contributed by atoms with Crippen LogP contribution in [0.5, 0.6) is 0 Å². The number of furan rings is 1. The van der Waals surface area contributed by atoms with E-state index in [9.17, 15) is 4.79 Å². The molecule has 4 aromatic rings. The van der Waals surface area contributed by atoms with E-state index in [1.807, 2.05) is 54.6 Å². The minimum atomic E-state index is -0.187. The Morgan fingerprint density at radius 1 is 0.939 bits per heavy atom. The van der Waals surface area contributed by atoms with E-state index < -0.39 is 0 Å². The number of benzene rings is 2. The molecule has 0 aliphatic carbocycles. The summed E-state index contributed by atoms with van der Waals surface area (Å²) < 4.78 is 5.95. The van der Waals surface area contributed by atoms with Crippen molar-refractivity contribution in [2.75, 3.05) is 4.90 Å². The largest absolute Gasteiger partial charge is 0.457 e. The predicted molar refractivity (Wildman–Crippen MR) is 135 cm³/mol. The second-order valence-electron chi connectivity index (χ2n) is 7.00. The van der Waals surface area contributed by atoms with Gasteiger partial charge in [0, 0.05) is 17.8 Å². The summed E-state index contributed by atoms with van der Waals surface area (Å²) in [6.07, 6.45) is 3.38. The van der Waals surface area contributed by atoms with Crippen LogP contribution in [-0.2, 0) is 4.79 Å². The molecular formula is C25H15Cl2N3O2S. The second kappa shape index (κ2) is 9.27. The molecular weight excluding hydrogens is 477 g/mol. The number of carbonyl (C=O) groups is 1. The molecule has 33 heavy (non-hydrogen) atoms. The zero-order chi connectivity index (χ0) is 22.8. The minimum absolute atomic E-state index is 0.187. The maximum absolute atomic E-state index is 13.3. The highest BCUT2D eigenvalue weighted by molar-refractivity contribution is 8.19. The monoisotopic (exact) mass is 491 g/mol. The SMILES string of the molecule is O=C1/C(=C\c2ccc(-c3ccc(Cl)c(Cl)c3)o2)S/C(=N/c2ccccn2)N1c1ccccc1. The van der Waals surface area contributed by atoms with Crippen LogP contribution in [0.25, 0.3) is 17.4 Å². The fourth-order valence-corrected chi connectivity index (χ4v) is 4.50. The molecule has 0 saturated carbocycles. The van der Waals surface area contributed by atoms with Crippen molar-refractivity contribution in [2.24, 2.45) is 4.99 Å². The molecule has 0 radical (unpaired) electrons. The summed E-state index contributed by atoms with van der Waals surface area (Å²) in [4.78, 5) is 24.3. The summed E-state index contributed by atoms with van der Waals surface area (Å²) in [5.74, 6) is 1.50. The number of amides is 1. The van der Waals surface area contributed by atoms with Crippen LogP contribution in [0, 0.1) is 0 Å². The molecule has 1 aliphatic rings. The van der Waals surface area contributed by atoms with Gasteiger partial charge in [0.15, 0.2) is 11.0 Å². The summed E-state index contributed by atoms with van der Waals surface area (Å²) in [5, 5.41) is 1.44. The number of halogens is 2. The molecule has 0 unspecified atom stereocenters. The van der Waals surface area contributed by atoms with Gasteiger partial charge in [0.25, 0.3) is 5.91 Å². The molecule has 5 nitrogen and oxygen atoms in total. The fraction of sp³-hybridized carbons (Fsp3) is 0. The van der Waals surface area contributed by atoms with Crippen molar-refractivity contribution in [3.8, 4) is 11.3 Å². The van der Waals surface area contributed by atoms with E-state index in [4.69, 9.17) is 27.6 Å². The van der Waals surface area contributed by atoms with Crippen LogP contribution >= 0.6 is 35.0 Å². The number of nitrogens with zero attached hydrogens (tertiary/aromatic N) is 3. The van der Waals surface area contributed by atoms with Crippen LogP contribution < -0.4 is 4.90 Å². The number of hydrogen-bond acceptors (Lipinski definition) is 5. The molecule has 3 heterocycles. The number of thioether (sulfide) groups is 1. The van der Waals surface area contributed by atoms with Gasteiger partial charge in [0.05, 0.1) is 20.6 Å². The first-order valence-electron chi connectivity index (χ1n) is 9.92. The highest BCUT2D eigenvalue weighted by atomic mass is 35.5. The van der Waals surface area contributed by atoms with Gasteiger partial charge in [-0.15, -0.1) is 0 Å². The first-order valence-corrected chi connectivity index (χ1v) is 11.5. The van der Waals surface area contributed by atoms with Crippen LogP contribution in [0.2, 0.25) is 10.0 Å². The van der Waals surface area contributed by atoms with Crippen molar-refractivity contribution < 1.29 is 9.21 Å². The Bertz CT molecular complexity index is 1390. The summed E-state index contributed by atoms with van der Waals surface area (Å²) in [6.45, 7) is 0. The van der Waals surface area contributed by atoms with E-state index >= 15 is 0 Å². The van der Waals surface area contributed by atoms with Gasteiger partial charge in [0.1, 0.15) is 11.5 Å². The number of amidine groups is 1. The quantitative estimate of drug-likeness (QED) is 0.278. The Hall–Kier alpha value is -3.32. The van der Waals surface area contributed by atoms with Crippen LogP contribution in [-0.4, -0.2) is 16.1 Å². The van der Waals surface area contributed by atoms with Gasteiger partial charge in [-0.1, -0.05) is 47.5 Å². The molecule has 162 valence electrons. The average molecular weight is 492 g/mol. The van der Waals surface area contributed by atoms with Crippen molar-refractivity contribution in [3.63, 3.8) is 0 Å². The maximum atomic E-state index is 13.3. The van der Waals surface area contributed by atoms with Crippen LogP contribution in [0.15, 0.2) is 99.4 Å². The minimum Gasteiger partial charge on any atom is -0.457 e. The van der Waals surface area contributed by atoms with Crippen LogP contribution in [0.1, 0.15) is 5.76 Å². The number of para-hydroxylation sites is 1.